The van der Waals surface area contributed by atoms with Crippen molar-refractivity contribution in [1.82, 2.24) is 25.2 Å². The summed E-state index contributed by atoms with van der Waals surface area (Å²) in [6, 6.07) is 11.3. The van der Waals surface area contributed by atoms with Crippen molar-refractivity contribution in [3.05, 3.63) is 101 Å². The quantitative estimate of drug-likeness (QED) is 0.173. The number of carbonyl (C=O) groups excluding carboxylic acids is 3. The molecule has 1 saturated heterocycles. The van der Waals surface area contributed by atoms with Crippen molar-refractivity contribution < 1.29 is 27.6 Å². The normalized spacial score (nSPS) is 13.2. The first-order chi connectivity index (χ1) is 22.0. The van der Waals surface area contributed by atoms with Crippen molar-refractivity contribution >= 4 is 52.3 Å². The maximum atomic E-state index is 13.0. The Bertz CT molecular complexity index is 1710. The van der Waals surface area contributed by atoms with E-state index in [0.717, 1.165) is 37.8 Å². The largest absolute Gasteiger partial charge is 0.416 e. The Labute approximate surface area is 266 Å². The zero-order valence-electron chi connectivity index (χ0n) is 24.2. The van der Waals surface area contributed by atoms with Gasteiger partial charge in [0.15, 0.2) is 0 Å². The third kappa shape index (κ3) is 8.55. The van der Waals surface area contributed by atoms with Gasteiger partial charge >= 0.3 is 6.18 Å². The molecule has 238 valence electrons. The number of nitrogens with zero attached hydrogens (tertiary/aromatic N) is 4. The summed E-state index contributed by atoms with van der Waals surface area (Å²) < 4.78 is 39.1. The van der Waals surface area contributed by atoms with E-state index in [4.69, 9.17) is 11.6 Å². The predicted molar refractivity (Wildman–Crippen MR) is 166 cm³/mol. The Hall–Kier alpha value is -5.08. The van der Waals surface area contributed by atoms with Crippen molar-refractivity contribution in [3.63, 3.8) is 0 Å². The second kappa shape index (κ2) is 14.3. The number of nitrogens with one attached hydrogen (secondary N) is 4. The van der Waals surface area contributed by atoms with Gasteiger partial charge in [0, 0.05) is 24.3 Å². The van der Waals surface area contributed by atoms with E-state index in [-0.39, 0.29) is 45.1 Å². The number of alkyl halides is 3. The van der Waals surface area contributed by atoms with Gasteiger partial charge in [-0.25, -0.2) is 15.0 Å². The van der Waals surface area contributed by atoms with E-state index in [1.54, 1.807) is 12.1 Å². The molecule has 0 radical (unpaired) electrons. The minimum atomic E-state index is -4.60. The Balaban J connectivity index is 1.15. The van der Waals surface area contributed by atoms with E-state index in [2.05, 4.69) is 41.1 Å². The summed E-state index contributed by atoms with van der Waals surface area (Å²) in [5, 5.41) is 11.0. The van der Waals surface area contributed by atoms with E-state index in [1.807, 2.05) is 0 Å². The van der Waals surface area contributed by atoms with Gasteiger partial charge in [0.1, 0.15) is 5.69 Å². The molecule has 1 fully saturated rings. The summed E-state index contributed by atoms with van der Waals surface area (Å²) in [6.45, 7) is 3.48. The highest BCUT2D eigenvalue weighted by Crippen LogP contribution is 2.30. The van der Waals surface area contributed by atoms with Crippen molar-refractivity contribution in [2.24, 2.45) is 0 Å². The first-order valence-corrected chi connectivity index (χ1v) is 14.6. The van der Waals surface area contributed by atoms with Gasteiger partial charge in [-0.1, -0.05) is 17.7 Å². The van der Waals surface area contributed by atoms with E-state index in [0.29, 0.717) is 12.2 Å². The van der Waals surface area contributed by atoms with Crippen LogP contribution in [0.15, 0.2) is 73.2 Å². The van der Waals surface area contributed by atoms with Crippen LogP contribution >= 0.6 is 11.6 Å². The standard InChI is InChI=1S/C31H28ClF3N8O3/c32-25-8-6-21(40-27(44)19-4-3-5-20(14-19)31(33,34)35)15-24(25)28(45)41-23-17-38-30(39-18-23)42-22-7-9-26(37-16-22)29(46)36-10-13-43-11-1-2-12-43/h3-9,14-18H,1-2,10-13H2,(H,36,46)(H,40,44)(H,41,45)(H,38,39,42). The van der Waals surface area contributed by atoms with E-state index >= 15 is 0 Å². The number of aromatic nitrogens is 3. The number of anilines is 4. The van der Waals surface area contributed by atoms with E-state index in [9.17, 15) is 27.6 Å². The molecule has 15 heteroatoms. The molecule has 4 N–H and O–H groups in total. The minimum absolute atomic E-state index is 0.00282. The third-order valence-electron chi connectivity index (χ3n) is 7.00. The van der Waals surface area contributed by atoms with Gasteiger partial charge in [0.2, 0.25) is 5.95 Å². The summed E-state index contributed by atoms with van der Waals surface area (Å²) in [5.41, 5.74) is 0.0393. The number of benzene rings is 2. The van der Waals surface area contributed by atoms with Gasteiger partial charge in [-0.15, -0.1) is 0 Å². The van der Waals surface area contributed by atoms with Crippen LogP contribution in [0.2, 0.25) is 5.02 Å². The molecule has 1 aliphatic rings. The van der Waals surface area contributed by atoms with Gasteiger partial charge in [-0.3, -0.25) is 14.4 Å². The zero-order valence-corrected chi connectivity index (χ0v) is 25.0. The Morgan fingerprint density at radius 1 is 0.804 bits per heavy atom. The van der Waals surface area contributed by atoms with Crippen LogP contribution in [0.1, 0.15) is 49.6 Å². The van der Waals surface area contributed by atoms with Gasteiger partial charge < -0.3 is 26.2 Å². The Morgan fingerprint density at radius 3 is 2.20 bits per heavy atom. The molecule has 3 heterocycles. The molecule has 1 aliphatic heterocycles. The lowest BCUT2D eigenvalue weighted by Crippen LogP contribution is -2.33. The number of halogens is 4. The molecule has 0 bridgehead atoms. The average Bonchev–Trinajstić information content (AvgIpc) is 3.56. The molecule has 3 amide bonds. The molecule has 0 aliphatic carbocycles. The fourth-order valence-corrected chi connectivity index (χ4v) is 4.83. The second-order valence-electron chi connectivity index (χ2n) is 10.3. The minimum Gasteiger partial charge on any atom is -0.349 e. The Morgan fingerprint density at radius 2 is 1.50 bits per heavy atom. The number of amides is 3. The van der Waals surface area contributed by atoms with Crippen molar-refractivity contribution in [2.75, 3.05) is 42.1 Å². The van der Waals surface area contributed by atoms with Crippen LogP contribution in [0, 0.1) is 0 Å². The average molecular weight is 653 g/mol. The van der Waals surface area contributed by atoms with Crippen molar-refractivity contribution in [3.8, 4) is 0 Å². The van der Waals surface area contributed by atoms with Gasteiger partial charge in [-0.2, -0.15) is 13.2 Å². The molecule has 0 unspecified atom stereocenters. The molecular weight excluding hydrogens is 625 g/mol. The molecule has 4 aromatic rings. The molecule has 5 rings (SSSR count). The highest BCUT2D eigenvalue weighted by atomic mass is 35.5. The Kier molecular flexibility index (Phi) is 10.1. The lowest BCUT2D eigenvalue weighted by atomic mass is 10.1. The van der Waals surface area contributed by atoms with Crippen LogP contribution in [0.25, 0.3) is 0 Å². The van der Waals surface area contributed by atoms with Crippen molar-refractivity contribution in [2.45, 2.75) is 19.0 Å². The van der Waals surface area contributed by atoms with E-state index < -0.39 is 23.6 Å². The molecule has 0 atom stereocenters. The van der Waals surface area contributed by atoms with Crippen molar-refractivity contribution in [1.29, 1.82) is 0 Å². The number of likely N-dealkylation sites (tertiary alicyclic amines) is 1. The van der Waals surface area contributed by atoms with Crippen LogP contribution in [-0.2, 0) is 6.18 Å². The summed E-state index contributed by atoms with van der Waals surface area (Å²) in [5.74, 6) is -1.48. The molecule has 2 aromatic carbocycles. The SMILES string of the molecule is O=C(Nc1ccc(Cl)c(C(=O)Nc2cnc(Nc3ccc(C(=O)NCCN4CCCC4)nc3)nc2)c1)c1cccc(C(F)(F)F)c1. The van der Waals surface area contributed by atoms with Crippen LogP contribution in [0.4, 0.5) is 36.2 Å². The molecule has 11 nitrogen and oxygen atoms in total. The number of hydrogen-bond donors (Lipinski definition) is 4. The van der Waals surface area contributed by atoms with Gasteiger partial charge in [0.25, 0.3) is 17.7 Å². The maximum Gasteiger partial charge on any atom is 0.416 e. The zero-order chi connectivity index (χ0) is 32.7. The summed E-state index contributed by atoms with van der Waals surface area (Å²) in [4.78, 5) is 52.7. The highest BCUT2D eigenvalue weighted by molar-refractivity contribution is 6.34. The van der Waals surface area contributed by atoms with E-state index in [1.165, 1.54) is 55.7 Å². The van der Waals surface area contributed by atoms with Gasteiger partial charge in [-0.05, 0) is 74.5 Å². The van der Waals surface area contributed by atoms with Crippen LogP contribution in [0.3, 0.4) is 0 Å². The van der Waals surface area contributed by atoms with Crippen LogP contribution in [0.5, 0.6) is 0 Å². The molecule has 2 aromatic heterocycles. The number of pyridine rings is 1. The summed E-state index contributed by atoms with van der Waals surface area (Å²) in [6.07, 6.45) is 1.97. The third-order valence-corrected chi connectivity index (χ3v) is 7.32. The first-order valence-electron chi connectivity index (χ1n) is 14.2. The summed E-state index contributed by atoms with van der Waals surface area (Å²) in [7, 11) is 0. The molecule has 0 spiro atoms. The van der Waals surface area contributed by atoms with Gasteiger partial charge in [0.05, 0.1) is 46.1 Å². The molecular formula is C31H28ClF3N8O3. The fourth-order valence-electron chi connectivity index (χ4n) is 4.63. The predicted octanol–water partition coefficient (Wildman–Crippen LogP) is 5.62. The lowest BCUT2D eigenvalue weighted by Gasteiger charge is -2.14. The molecule has 0 saturated carbocycles. The fraction of sp³-hybridized carbons (Fsp3) is 0.226. The van der Waals surface area contributed by atoms with Crippen LogP contribution < -0.4 is 21.3 Å². The maximum absolute atomic E-state index is 13.0. The molecule has 46 heavy (non-hydrogen) atoms. The lowest BCUT2D eigenvalue weighted by molar-refractivity contribution is -0.137. The number of carbonyl (C=O) groups is 3. The monoisotopic (exact) mass is 652 g/mol. The first kappa shape index (κ1) is 32.3. The summed E-state index contributed by atoms with van der Waals surface area (Å²) >= 11 is 6.21. The highest BCUT2D eigenvalue weighted by Gasteiger charge is 2.31. The second-order valence-corrected chi connectivity index (χ2v) is 10.7. The number of rotatable bonds is 10. The smallest absolute Gasteiger partial charge is 0.349 e. The number of hydrogen-bond acceptors (Lipinski definition) is 8. The topological polar surface area (TPSA) is 141 Å². The van der Waals surface area contributed by atoms with Crippen LogP contribution in [-0.4, -0.2) is 63.8 Å².